The van der Waals surface area contributed by atoms with Crippen molar-refractivity contribution in [3.8, 4) is 11.4 Å². The molecule has 0 amide bonds. The third kappa shape index (κ3) is 3.48. The van der Waals surface area contributed by atoms with Crippen LogP contribution in [-0.2, 0) is 19.5 Å². The van der Waals surface area contributed by atoms with Gasteiger partial charge in [0, 0.05) is 41.9 Å². The third-order valence-corrected chi connectivity index (χ3v) is 4.96. The molecule has 122 valence electrons. The average molecular weight is 452 g/mol. The first-order valence-electron chi connectivity index (χ1n) is 7.75. The van der Waals surface area contributed by atoms with Crippen LogP contribution in [0, 0.1) is 3.77 Å². The standard InChI is InChI=1S/C18H15ClIN3O/c19-14-3-1-12(2-4-14)18-21-9-13-10-23(8-7-16(13)22-18)11-15-5-6-17(20)24-15/h1-6,9H,7-8,10-11H2. The molecule has 2 aromatic heterocycles. The number of rotatable bonds is 3. The van der Waals surface area contributed by atoms with Crippen molar-refractivity contribution >= 4 is 34.2 Å². The monoisotopic (exact) mass is 451 g/mol. The van der Waals surface area contributed by atoms with Gasteiger partial charge >= 0.3 is 0 Å². The van der Waals surface area contributed by atoms with Gasteiger partial charge in [0.1, 0.15) is 5.76 Å². The molecule has 0 saturated carbocycles. The minimum absolute atomic E-state index is 0.722. The van der Waals surface area contributed by atoms with Gasteiger partial charge in [-0.1, -0.05) is 11.6 Å². The first-order chi connectivity index (χ1) is 11.7. The van der Waals surface area contributed by atoms with E-state index in [4.69, 9.17) is 21.0 Å². The molecule has 0 unspecified atom stereocenters. The smallest absolute Gasteiger partial charge is 0.164 e. The van der Waals surface area contributed by atoms with Crippen molar-refractivity contribution in [1.82, 2.24) is 14.9 Å². The molecular weight excluding hydrogens is 437 g/mol. The van der Waals surface area contributed by atoms with Crippen LogP contribution in [0.3, 0.4) is 0 Å². The fourth-order valence-corrected chi connectivity index (χ4v) is 3.49. The molecule has 24 heavy (non-hydrogen) atoms. The number of hydrogen-bond acceptors (Lipinski definition) is 4. The normalized spacial score (nSPS) is 14.6. The van der Waals surface area contributed by atoms with E-state index in [1.54, 1.807) is 0 Å². The van der Waals surface area contributed by atoms with Crippen LogP contribution in [0.15, 0.2) is 47.0 Å². The van der Waals surface area contributed by atoms with Gasteiger partial charge in [-0.2, -0.15) is 0 Å². The summed E-state index contributed by atoms with van der Waals surface area (Å²) in [6.07, 6.45) is 2.88. The minimum atomic E-state index is 0.722. The van der Waals surface area contributed by atoms with E-state index in [2.05, 4.69) is 32.5 Å². The molecule has 4 rings (SSSR count). The van der Waals surface area contributed by atoms with Gasteiger partial charge in [-0.3, -0.25) is 4.90 Å². The number of furan rings is 1. The first-order valence-corrected chi connectivity index (χ1v) is 9.20. The molecule has 0 spiro atoms. The Morgan fingerprint density at radius 1 is 1.17 bits per heavy atom. The molecule has 0 aliphatic carbocycles. The van der Waals surface area contributed by atoms with Crippen molar-refractivity contribution in [2.75, 3.05) is 6.54 Å². The van der Waals surface area contributed by atoms with Crippen molar-refractivity contribution in [1.29, 1.82) is 0 Å². The van der Waals surface area contributed by atoms with E-state index in [1.807, 2.05) is 42.6 Å². The predicted octanol–water partition coefficient (Wildman–Crippen LogP) is 4.55. The summed E-state index contributed by atoms with van der Waals surface area (Å²) in [6.45, 7) is 2.65. The zero-order valence-corrected chi connectivity index (χ0v) is 15.8. The zero-order chi connectivity index (χ0) is 16.5. The fraction of sp³-hybridized carbons (Fsp3) is 0.222. The summed E-state index contributed by atoms with van der Waals surface area (Å²) in [7, 11) is 0. The topological polar surface area (TPSA) is 42.2 Å². The van der Waals surface area contributed by atoms with E-state index in [-0.39, 0.29) is 0 Å². The molecule has 1 aliphatic rings. The SMILES string of the molecule is Clc1ccc(-c2ncc3c(n2)CCN(Cc2ccc(I)o2)C3)cc1. The zero-order valence-electron chi connectivity index (χ0n) is 12.9. The van der Waals surface area contributed by atoms with E-state index in [0.717, 1.165) is 57.7 Å². The third-order valence-electron chi connectivity index (χ3n) is 4.12. The van der Waals surface area contributed by atoms with Gasteiger partial charge in [0.05, 0.1) is 12.2 Å². The highest BCUT2D eigenvalue weighted by Crippen LogP contribution is 2.23. The lowest BCUT2D eigenvalue weighted by molar-refractivity contribution is 0.222. The Morgan fingerprint density at radius 2 is 2.00 bits per heavy atom. The van der Waals surface area contributed by atoms with Gasteiger partial charge in [0.2, 0.25) is 0 Å². The molecule has 0 saturated heterocycles. The Morgan fingerprint density at radius 3 is 2.75 bits per heavy atom. The second kappa shape index (κ2) is 6.82. The molecule has 6 heteroatoms. The van der Waals surface area contributed by atoms with Crippen molar-refractivity contribution in [3.05, 3.63) is 68.4 Å². The molecule has 0 N–H and O–H groups in total. The van der Waals surface area contributed by atoms with E-state index in [0.29, 0.717) is 0 Å². The summed E-state index contributed by atoms with van der Waals surface area (Å²) in [5.74, 6) is 1.76. The van der Waals surface area contributed by atoms with Crippen molar-refractivity contribution in [2.45, 2.75) is 19.5 Å². The van der Waals surface area contributed by atoms with E-state index in [9.17, 15) is 0 Å². The minimum Gasteiger partial charge on any atom is -0.454 e. The maximum Gasteiger partial charge on any atom is 0.164 e. The Kier molecular flexibility index (Phi) is 4.56. The highest BCUT2D eigenvalue weighted by Gasteiger charge is 2.19. The van der Waals surface area contributed by atoms with Crippen LogP contribution in [-0.4, -0.2) is 21.4 Å². The Bertz CT molecular complexity index is 863. The molecule has 1 aromatic carbocycles. The molecule has 0 bridgehead atoms. The van der Waals surface area contributed by atoms with Gasteiger partial charge in [0.15, 0.2) is 9.59 Å². The molecule has 3 aromatic rings. The van der Waals surface area contributed by atoms with Crippen LogP contribution in [0.1, 0.15) is 17.0 Å². The molecule has 1 aliphatic heterocycles. The number of benzene rings is 1. The summed E-state index contributed by atoms with van der Waals surface area (Å²) in [5, 5.41) is 0.722. The Labute approximate surface area is 159 Å². The van der Waals surface area contributed by atoms with Crippen molar-refractivity contribution < 1.29 is 4.42 Å². The lowest BCUT2D eigenvalue weighted by Gasteiger charge is -2.27. The number of fused-ring (bicyclic) bond motifs is 1. The molecule has 0 fully saturated rings. The van der Waals surface area contributed by atoms with Gasteiger partial charge in [-0.25, -0.2) is 9.97 Å². The fourth-order valence-electron chi connectivity index (χ4n) is 2.90. The van der Waals surface area contributed by atoms with Gasteiger partial charge < -0.3 is 4.42 Å². The van der Waals surface area contributed by atoms with Gasteiger partial charge in [-0.05, 0) is 59.0 Å². The van der Waals surface area contributed by atoms with Crippen LogP contribution in [0.5, 0.6) is 0 Å². The van der Waals surface area contributed by atoms with Crippen LogP contribution >= 0.6 is 34.2 Å². The lowest BCUT2D eigenvalue weighted by atomic mass is 10.1. The van der Waals surface area contributed by atoms with Crippen LogP contribution in [0.4, 0.5) is 0 Å². The van der Waals surface area contributed by atoms with Crippen LogP contribution in [0.2, 0.25) is 5.02 Å². The quantitative estimate of drug-likeness (QED) is 0.548. The Hall–Kier alpha value is -1.44. The van der Waals surface area contributed by atoms with Crippen LogP contribution in [0.25, 0.3) is 11.4 Å². The van der Waals surface area contributed by atoms with E-state index in [1.165, 1.54) is 5.56 Å². The molecule has 3 heterocycles. The van der Waals surface area contributed by atoms with E-state index >= 15 is 0 Å². The average Bonchev–Trinajstić information content (AvgIpc) is 3.00. The first kappa shape index (κ1) is 16.1. The summed E-state index contributed by atoms with van der Waals surface area (Å²) >= 11 is 8.14. The maximum absolute atomic E-state index is 5.94. The largest absolute Gasteiger partial charge is 0.454 e. The summed E-state index contributed by atoms with van der Waals surface area (Å²) in [5.41, 5.74) is 3.33. The van der Waals surface area contributed by atoms with Gasteiger partial charge in [0.25, 0.3) is 0 Å². The summed E-state index contributed by atoms with van der Waals surface area (Å²) < 4.78 is 6.59. The number of nitrogens with zero attached hydrogens (tertiary/aromatic N) is 3. The maximum atomic E-state index is 5.94. The number of aromatic nitrogens is 2. The van der Waals surface area contributed by atoms with Crippen LogP contribution < -0.4 is 0 Å². The predicted molar refractivity (Wildman–Crippen MR) is 102 cm³/mol. The highest BCUT2D eigenvalue weighted by atomic mass is 127. The summed E-state index contributed by atoms with van der Waals surface area (Å²) in [6, 6.07) is 11.7. The lowest BCUT2D eigenvalue weighted by Crippen LogP contribution is -2.30. The van der Waals surface area contributed by atoms with Gasteiger partial charge in [-0.15, -0.1) is 0 Å². The van der Waals surface area contributed by atoms with Crippen molar-refractivity contribution in [2.24, 2.45) is 0 Å². The Balaban J connectivity index is 1.52. The second-order valence-corrected chi connectivity index (χ2v) is 7.34. The highest BCUT2D eigenvalue weighted by molar-refractivity contribution is 14.1. The second-order valence-electron chi connectivity index (χ2n) is 5.84. The molecule has 0 radical (unpaired) electrons. The molecule has 4 nitrogen and oxygen atoms in total. The molecule has 0 atom stereocenters. The molecular formula is C18H15ClIN3O. The van der Waals surface area contributed by atoms with Crippen molar-refractivity contribution in [3.63, 3.8) is 0 Å². The number of hydrogen-bond donors (Lipinski definition) is 0. The summed E-state index contributed by atoms with van der Waals surface area (Å²) in [4.78, 5) is 11.6. The van der Waals surface area contributed by atoms with E-state index < -0.39 is 0 Å². The number of halogens is 2.